The Bertz CT molecular complexity index is 1300. The molecule has 31 heavy (non-hydrogen) atoms. The number of rotatable bonds is 6. The number of nitrogens with zero attached hydrogens (tertiary/aromatic N) is 3. The number of aliphatic imine (C=N–C) groups is 1. The average Bonchev–Trinajstić information content (AvgIpc) is 3.32. The highest BCUT2D eigenvalue weighted by Crippen LogP contribution is 2.26. The summed E-state index contributed by atoms with van der Waals surface area (Å²) in [6, 6.07) is 6.75. The number of aromatic nitrogens is 2. The average molecular weight is 450 g/mol. The topological polar surface area (TPSA) is 76.3 Å². The highest BCUT2D eigenvalue weighted by Gasteiger charge is 2.19. The van der Waals surface area contributed by atoms with Crippen molar-refractivity contribution in [2.24, 2.45) is 4.99 Å². The number of halogens is 4. The number of alkyl halides is 2. The lowest BCUT2D eigenvalue weighted by Gasteiger charge is -2.10. The largest absolute Gasteiger partial charge is 0.333 e. The van der Waals surface area contributed by atoms with Crippen LogP contribution < -0.4 is 4.72 Å². The van der Waals surface area contributed by atoms with Crippen molar-refractivity contribution in [3.05, 3.63) is 83.2 Å². The first-order valence-electron chi connectivity index (χ1n) is 8.88. The number of hydrogen-bond donors (Lipinski definition) is 1. The smallest absolute Gasteiger partial charge is 0.280 e. The Labute approximate surface area is 174 Å². The molecular formula is C20H14F4N4O2S. The van der Waals surface area contributed by atoms with E-state index in [1.165, 1.54) is 18.5 Å². The van der Waals surface area contributed by atoms with Crippen LogP contribution in [0.15, 0.2) is 64.8 Å². The number of sulfonamides is 1. The van der Waals surface area contributed by atoms with Crippen LogP contribution in [0.2, 0.25) is 0 Å². The van der Waals surface area contributed by atoms with Crippen molar-refractivity contribution in [2.75, 3.05) is 4.72 Å². The van der Waals surface area contributed by atoms with E-state index in [2.05, 4.69) is 14.8 Å². The molecule has 0 saturated heterocycles. The molecule has 160 valence electrons. The van der Waals surface area contributed by atoms with E-state index in [4.69, 9.17) is 0 Å². The van der Waals surface area contributed by atoms with Crippen molar-refractivity contribution >= 4 is 27.5 Å². The molecule has 0 radical (unpaired) electrons. The van der Waals surface area contributed by atoms with E-state index in [0.717, 1.165) is 5.56 Å². The molecule has 1 N–H and O–H groups in total. The third-order valence-corrected chi connectivity index (χ3v) is 5.82. The van der Waals surface area contributed by atoms with Crippen LogP contribution in [0.4, 0.5) is 23.2 Å². The Morgan fingerprint density at radius 2 is 1.81 bits per heavy atom. The summed E-state index contributed by atoms with van der Waals surface area (Å²) in [6.07, 6.45) is 5.63. The van der Waals surface area contributed by atoms with Crippen molar-refractivity contribution in [1.82, 2.24) is 9.78 Å². The second kappa shape index (κ2) is 7.99. The first-order valence-corrected chi connectivity index (χ1v) is 10.4. The summed E-state index contributed by atoms with van der Waals surface area (Å²) in [5, 5.41) is 3.55. The molecule has 1 aliphatic heterocycles. The molecule has 4 rings (SSSR count). The molecule has 0 fully saturated rings. The lowest BCUT2D eigenvalue weighted by atomic mass is 10.0. The molecule has 1 aliphatic rings. The van der Waals surface area contributed by atoms with Crippen LogP contribution in [0.1, 0.15) is 23.2 Å². The number of nitrogens with one attached hydrogen (secondary N) is 1. The van der Waals surface area contributed by atoms with Gasteiger partial charge in [-0.1, -0.05) is 6.07 Å². The summed E-state index contributed by atoms with van der Waals surface area (Å²) in [5.41, 5.74) is 2.63. The predicted octanol–water partition coefficient (Wildman–Crippen LogP) is 4.37. The molecule has 3 aromatic rings. The van der Waals surface area contributed by atoms with E-state index in [1.807, 2.05) is 0 Å². The zero-order chi connectivity index (χ0) is 22.2. The van der Waals surface area contributed by atoms with Gasteiger partial charge in [-0.25, -0.2) is 21.9 Å². The van der Waals surface area contributed by atoms with Crippen LogP contribution in [0.3, 0.4) is 0 Å². The fraction of sp³-hybridized carbons (Fsp3) is 0.100. The summed E-state index contributed by atoms with van der Waals surface area (Å²) in [7, 11) is -4.22. The molecule has 11 heteroatoms. The summed E-state index contributed by atoms with van der Waals surface area (Å²) in [4.78, 5) is 3.81. The molecule has 0 spiro atoms. The third kappa shape index (κ3) is 4.50. The minimum absolute atomic E-state index is 0.178. The molecule has 6 nitrogen and oxygen atoms in total. The maximum atomic E-state index is 13.4. The van der Waals surface area contributed by atoms with Gasteiger partial charge in [0.2, 0.25) is 0 Å². The van der Waals surface area contributed by atoms with Crippen LogP contribution in [0.25, 0.3) is 6.08 Å². The van der Waals surface area contributed by atoms with Crippen molar-refractivity contribution in [1.29, 1.82) is 0 Å². The van der Waals surface area contributed by atoms with Crippen LogP contribution in [0, 0.1) is 11.6 Å². The van der Waals surface area contributed by atoms with Gasteiger partial charge in [0.25, 0.3) is 10.0 Å². The van der Waals surface area contributed by atoms with E-state index < -0.39 is 33.1 Å². The van der Waals surface area contributed by atoms with Crippen molar-refractivity contribution < 1.29 is 26.0 Å². The molecular weight excluding hydrogens is 436 g/mol. The van der Waals surface area contributed by atoms with Gasteiger partial charge in [-0.05, 0) is 42.0 Å². The van der Waals surface area contributed by atoms with E-state index in [1.54, 1.807) is 24.3 Å². The summed E-state index contributed by atoms with van der Waals surface area (Å²) < 4.78 is 79.8. The first-order chi connectivity index (χ1) is 14.7. The zero-order valence-electron chi connectivity index (χ0n) is 15.6. The van der Waals surface area contributed by atoms with Gasteiger partial charge in [-0.15, -0.1) is 0 Å². The molecule has 0 aliphatic carbocycles. The quantitative estimate of drug-likeness (QED) is 0.567. The van der Waals surface area contributed by atoms with Crippen LogP contribution in [-0.4, -0.2) is 23.9 Å². The molecule has 2 heterocycles. The maximum Gasteiger partial charge on any atom is 0.333 e. The molecule has 0 bridgehead atoms. The Morgan fingerprint density at radius 3 is 2.48 bits per heavy atom. The Kier molecular flexibility index (Phi) is 5.36. The summed E-state index contributed by atoms with van der Waals surface area (Å²) >= 11 is 0. The normalized spacial score (nSPS) is 13.6. The van der Waals surface area contributed by atoms with Gasteiger partial charge < -0.3 is 0 Å². The lowest BCUT2D eigenvalue weighted by molar-refractivity contribution is 0.0566. The number of anilines is 1. The maximum absolute atomic E-state index is 13.4. The van der Waals surface area contributed by atoms with E-state index in [9.17, 15) is 26.0 Å². The Hall–Kier alpha value is -3.47. The second-order valence-electron chi connectivity index (χ2n) is 6.65. The van der Waals surface area contributed by atoms with Gasteiger partial charge in [0.05, 0.1) is 23.3 Å². The zero-order valence-corrected chi connectivity index (χ0v) is 16.5. The van der Waals surface area contributed by atoms with Crippen molar-refractivity contribution in [3.8, 4) is 0 Å². The van der Waals surface area contributed by atoms with E-state index >= 15 is 0 Å². The predicted molar refractivity (Wildman–Crippen MR) is 106 cm³/mol. The standard InChI is InChI=1S/C20H14F4N4O2S/c21-14-5-15(22)7-17(6-14)31(29,30)27-16-3-2-13-10-25-19(18(13)8-16)4-1-12-9-26-28(11-12)20(23)24/h1-9,11,20,27H,10H2/b4-1+. The fourth-order valence-corrected chi connectivity index (χ4v) is 4.12. The highest BCUT2D eigenvalue weighted by molar-refractivity contribution is 7.92. The molecule has 0 unspecified atom stereocenters. The summed E-state index contributed by atoms with van der Waals surface area (Å²) in [6.45, 7) is -2.37. The van der Waals surface area contributed by atoms with Gasteiger partial charge in [-0.3, -0.25) is 9.71 Å². The van der Waals surface area contributed by atoms with Gasteiger partial charge in [0, 0.05) is 29.1 Å². The van der Waals surface area contributed by atoms with Gasteiger partial charge in [0.1, 0.15) is 11.6 Å². The first kappa shape index (κ1) is 20.8. The number of benzene rings is 2. The molecule has 0 atom stereocenters. The number of fused-ring (bicyclic) bond motifs is 1. The van der Waals surface area contributed by atoms with Crippen molar-refractivity contribution in [3.63, 3.8) is 0 Å². The number of allylic oxidation sites excluding steroid dienone is 1. The van der Waals surface area contributed by atoms with E-state index in [0.29, 0.717) is 46.3 Å². The molecule has 0 saturated carbocycles. The van der Waals surface area contributed by atoms with Gasteiger partial charge >= 0.3 is 6.55 Å². The van der Waals surface area contributed by atoms with E-state index in [-0.39, 0.29) is 5.69 Å². The fourth-order valence-electron chi connectivity index (χ4n) is 3.03. The number of hydrogen-bond acceptors (Lipinski definition) is 4. The summed E-state index contributed by atoms with van der Waals surface area (Å²) in [5.74, 6) is -2.02. The lowest BCUT2D eigenvalue weighted by Crippen LogP contribution is -2.14. The molecule has 1 aromatic heterocycles. The van der Waals surface area contributed by atoms with Crippen LogP contribution >= 0.6 is 0 Å². The second-order valence-corrected chi connectivity index (χ2v) is 8.33. The molecule has 2 aromatic carbocycles. The van der Waals surface area contributed by atoms with Crippen LogP contribution in [-0.2, 0) is 16.6 Å². The SMILES string of the molecule is O=S(=O)(Nc1ccc2c(c1)C(/C=C/c1cnn(C(F)F)c1)=NC2)c1cc(F)cc(F)c1. The van der Waals surface area contributed by atoms with Crippen LogP contribution in [0.5, 0.6) is 0 Å². The van der Waals surface area contributed by atoms with Gasteiger partial charge in [-0.2, -0.15) is 13.9 Å². The highest BCUT2D eigenvalue weighted by atomic mass is 32.2. The minimum atomic E-state index is -4.22. The van der Waals surface area contributed by atoms with Crippen molar-refractivity contribution in [2.45, 2.75) is 18.0 Å². The minimum Gasteiger partial charge on any atom is -0.280 e. The monoisotopic (exact) mass is 450 g/mol. The third-order valence-electron chi connectivity index (χ3n) is 4.46. The Morgan fingerprint density at radius 1 is 1.06 bits per heavy atom. The molecule has 0 amide bonds. The Balaban J connectivity index is 1.57. The van der Waals surface area contributed by atoms with Gasteiger partial charge in [0.15, 0.2) is 0 Å².